The molecule has 1 aliphatic heterocycles. The Bertz CT molecular complexity index is 1040. The van der Waals surface area contributed by atoms with Crippen LogP contribution in [0.15, 0.2) is 42.6 Å². The fourth-order valence-electron chi connectivity index (χ4n) is 3.76. The van der Waals surface area contributed by atoms with Crippen LogP contribution in [0.5, 0.6) is 0 Å². The predicted molar refractivity (Wildman–Crippen MR) is 108 cm³/mol. The monoisotopic (exact) mass is 392 g/mol. The lowest BCUT2D eigenvalue weighted by atomic mass is 10.1. The predicted octanol–water partition coefficient (Wildman–Crippen LogP) is 3.19. The Morgan fingerprint density at radius 2 is 1.83 bits per heavy atom. The van der Waals surface area contributed by atoms with Gasteiger partial charge in [-0.3, -0.25) is 9.48 Å². The van der Waals surface area contributed by atoms with Gasteiger partial charge in [-0.2, -0.15) is 5.10 Å². The van der Waals surface area contributed by atoms with E-state index in [4.69, 9.17) is 4.74 Å². The quantitative estimate of drug-likeness (QED) is 0.637. The number of nitrogens with zero attached hydrogens (tertiary/aromatic N) is 4. The number of carbonyl (C=O) groups is 2. The first kappa shape index (κ1) is 19.1. The lowest BCUT2D eigenvalue weighted by Crippen LogP contribution is -2.40. The summed E-state index contributed by atoms with van der Waals surface area (Å²) in [6.45, 7) is 3.26. The van der Waals surface area contributed by atoms with E-state index in [1.807, 2.05) is 44.3 Å². The number of aryl methyl sites for hydroxylation is 2. The number of amides is 1. The van der Waals surface area contributed by atoms with Crippen molar-refractivity contribution in [2.75, 3.05) is 13.1 Å². The number of piperidine rings is 1. The van der Waals surface area contributed by atoms with Crippen molar-refractivity contribution in [3.63, 3.8) is 0 Å². The van der Waals surface area contributed by atoms with Crippen LogP contribution in [0.3, 0.4) is 0 Å². The number of carbonyl (C=O) groups excluding carboxylic acids is 2. The molecule has 7 nitrogen and oxygen atoms in total. The first-order valence-corrected chi connectivity index (χ1v) is 9.88. The van der Waals surface area contributed by atoms with Gasteiger partial charge in [0, 0.05) is 37.3 Å². The van der Waals surface area contributed by atoms with Crippen molar-refractivity contribution < 1.29 is 14.3 Å². The molecule has 1 saturated heterocycles. The van der Waals surface area contributed by atoms with E-state index in [0.717, 1.165) is 30.3 Å². The average molecular weight is 392 g/mol. The maximum Gasteiger partial charge on any atom is 0.340 e. The van der Waals surface area contributed by atoms with Crippen molar-refractivity contribution in [3.8, 4) is 0 Å². The number of ether oxygens (including phenoxy) is 1. The molecule has 0 saturated carbocycles. The highest BCUT2D eigenvalue weighted by Gasteiger charge is 2.30. The largest absolute Gasteiger partial charge is 0.444 e. The molecule has 1 fully saturated rings. The van der Waals surface area contributed by atoms with Crippen LogP contribution < -0.4 is 0 Å². The lowest BCUT2D eigenvalue weighted by Gasteiger charge is -2.30. The van der Waals surface area contributed by atoms with Gasteiger partial charge in [0.15, 0.2) is 5.65 Å². The summed E-state index contributed by atoms with van der Waals surface area (Å²) >= 11 is 0. The van der Waals surface area contributed by atoms with Crippen LogP contribution in [0, 0.1) is 6.92 Å². The van der Waals surface area contributed by atoms with Crippen LogP contribution in [0.2, 0.25) is 0 Å². The van der Waals surface area contributed by atoms with Gasteiger partial charge >= 0.3 is 5.97 Å². The molecular formula is C22H24N4O3. The Morgan fingerprint density at radius 3 is 2.55 bits per heavy atom. The van der Waals surface area contributed by atoms with Crippen molar-refractivity contribution in [2.24, 2.45) is 7.05 Å². The molecule has 1 aliphatic rings. The zero-order valence-corrected chi connectivity index (χ0v) is 16.7. The molecule has 0 radical (unpaired) electrons. The molecule has 1 aromatic carbocycles. The van der Waals surface area contributed by atoms with Crippen LogP contribution in [-0.4, -0.2) is 44.6 Å². The minimum absolute atomic E-state index is 0.171. The minimum atomic E-state index is -0.965. The summed E-state index contributed by atoms with van der Waals surface area (Å²) in [6, 6.07) is 10.9. The zero-order chi connectivity index (χ0) is 20.4. The van der Waals surface area contributed by atoms with Crippen molar-refractivity contribution >= 4 is 22.9 Å². The number of likely N-dealkylation sites (tertiary alicyclic amines) is 1. The molecule has 2 aromatic heterocycles. The summed E-state index contributed by atoms with van der Waals surface area (Å²) in [7, 11) is 1.81. The Balaban J connectivity index is 1.62. The summed E-state index contributed by atoms with van der Waals surface area (Å²) in [5.41, 5.74) is 2.46. The number of hydrogen-bond acceptors (Lipinski definition) is 5. The van der Waals surface area contributed by atoms with E-state index < -0.39 is 12.1 Å². The van der Waals surface area contributed by atoms with E-state index in [-0.39, 0.29) is 5.91 Å². The fraction of sp³-hybridized carbons (Fsp3) is 0.364. The van der Waals surface area contributed by atoms with Gasteiger partial charge < -0.3 is 9.64 Å². The molecule has 4 rings (SSSR count). The highest BCUT2D eigenvalue weighted by molar-refractivity contribution is 5.95. The van der Waals surface area contributed by atoms with Crippen molar-refractivity contribution in [3.05, 3.63) is 59.4 Å². The molecule has 0 bridgehead atoms. The van der Waals surface area contributed by atoms with Gasteiger partial charge in [-0.05, 0) is 32.3 Å². The van der Waals surface area contributed by atoms with Crippen molar-refractivity contribution in [1.29, 1.82) is 0 Å². The number of aromatic nitrogens is 3. The molecule has 3 heterocycles. The maximum atomic E-state index is 13.2. The Hall–Kier alpha value is -3.22. The normalized spacial score (nSPS) is 15.3. The summed E-state index contributed by atoms with van der Waals surface area (Å²) in [6.07, 6.45) is 3.58. The zero-order valence-electron chi connectivity index (χ0n) is 16.7. The molecule has 0 spiro atoms. The van der Waals surface area contributed by atoms with Gasteiger partial charge in [0.1, 0.15) is 0 Å². The second-order valence-electron chi connectivity index (χ2n) is 7.39. The standard InChI is InChI=1S/C22H24N4O3/c1-15-18-13-17(14-23-20(18)25(2)24-15)22(28)29-19(16-9-5-3-6-10-16)21(27)26-11-7-4-8-12-26/h3,5-6,9-10,13-14,19H,4,7-8,11-12H2,1-2H3. The summed E-state index contributed by atoms with van der Waals surface area (Å²) in [4.78, 5) is 32.2. The third-order valence-electron chi connectivity index (χ3n) is 5.32. The molecule has 1 amide bonds. The van der Waals surface area contributed by atoms with Gasteiger partial charge in [-0.1, -0.05) is 30.3 Å². The topological polar surface area (TPSA) is 77.3 Å². The molecule has 29 heavy (non-hydrogen) atoms. The highest BCUT2D eigenvalue weighted by Crippen LogP contribution is 2.25. The van der Waals surface area contributed by atoms with Gasteiger partial charge in [0.25, 0.3) is 5.91 Å². The van der Waals surface area contributed by atoms with Crippen molar-refractivity contribution in [2.45, 2.75) is 32.3 Å². The Labute approximate surface area is 169 Å². The molecule has 0 aliphatic carbocycles. The van der Waals surface area contributed by atoms with Crippen molar-refractivity contribution in [1.82, 2.24) is 19.7 Å². The van der Waals surface area contributed by atoms with Crippen LogP contribution in [-0.2, 0) is 16.6 Å². The number of esters is 1. The first-order valence-electron chi connectivity index (χ1n) is 9.88. The maximum absolute atomic E-state index is 13.2. The molecule has 1 atom stereocenters. The molecule has 1 unspecified atom stereocenters. The van der Waals surface area contributed by atoms with E-state index >= 15 is 0 Å². The Kier molecular flexibility index (Phi) is 5.29. The minimum Gasteiger partial charge on any atom is -0.444 e. The highest BCUT2D eigenvalue weighted by atomic mass is 16.5. The molecule has 150 valence electrons. The van der Waals surface area contributed by atoms with Gasteiger partial charge in [-0.25, -0.2) is 9.78 Å². The summed E-state index contributed by atoms with van der Waals surface area (Å²) in [5.74, 6) is -0.738. The van der Waals surface area contributed by atoms with Gasteiger partial charge in [-0.15, -0.1) is 0 Å². The third-order valence-corrected chi connectivity index (χ3v) is 5.32. The second kappa shape index (κ2) is 8.03. The summed E-state index contributed by atoms with van der Waals surface area (Å²) in [5, 5.41) is 5.12. The van der Waals surface area contributed by atoms with E-state index in [9.17, 15) is 9.59 Å². The number of pyridine rings is 1. The van der Waals surface area contributed by atoms with Crippen LogP contribution in [0.4, 0.5) is 0 Å². The molecule has 0 N–H and O–H groups in total. The van der Waals surface area contributed by atoms with Crippen LogP contribution >= 0.6 is 0 Å². The van der Waals surface area contributed by atoms with E-state index in [2.05, 4.69) is 10.1 Å². The van der Waals surface area contributed by atoms with E-state index in [1.165, 1.54) is 6.20 Å². The number of benzene rings is 1. The number of rotatable bonds is 4. The number of hydrogen-bond donors (Lipinski definition) is 0. The SMILES string of the molecule is Cc1nn(C)c2ncc(C(=O)OC(C(=O)N3CCCCC3)c3ccccc3)cc12. The van der Waals surface area contributed by atoms with E-state index in [0.29, 0.717) is 29.9 Å². The average Bonchev–Trinajstić information content (AvgIpc) is 3.05. The second-order valence-corrected chi connectivity index (χ2v) is 7.39. The Morgan fingerprint density at radius 1 is 1.10 bits per heavy atom. The van der Waals surface area contributed by atoms with Gasteiger partial charge in [0.05, 0.1) is 11.3 Å². The van der Waals surface area contributed by atoms with Crippen LogP contribution in [0.1, 0.15) is 47.0 Å². The van der Waals surface area contributed by atoms with Gasteiger partial charge in [0.2, 0.25) is 6.10 Å². The molecule has 3 aromatic rings. The fourth-order valence-corrected chi connectivity index (χ4v) is 3.76. The van der Waals surface area contributed by atoms with E-state index in [1.54, 1.807) is 15.6 Å². The first-order chi connectivity index (χ1) is 14.0. The summed E-state index contributed by atoms with van der Waals surface area (Å²) < 4.78 is 7.41. The number of fused-ring (bicyclic) bond motifs is 1. The third kappa shape index (κ3) is 3.85. The molecule has 7 heteroatoms. The lowest BCUT2D eigenvalue weighted by molar-refractivity contribution is -0.142. The van der Waals surface area contributed by atoms with Crippen LogP contribution in [0.25, 0.3) is 11.0 Å². The smallest absolute Gasteiger partial charge is 0.340 e. The molecular weight excluding hydrogens is 368 g/mol.